The van der Waals surface area contributed by atoms with Crippen LogP contribution in [0.25, 0.3) is 0 Å². The molecule has 0 aliphatic carbocycles. The highest BCUT2D eigenvalue weighted by Crippen LogP contribution is 2.31. The van der Waals surface area contributed by atoms with Gasteiger partial charge in [-0.05, 0) is 42.7 Å². The van der Waals surface area contributed by atoms with Crippen molar-refractivity contribution >= 4 is 27.3 Å². The second-order valence-electron chi connectivity index (χ2n) is 6.61. The van der Waals surface area contributed by atoms with Gasteiger partial charge in [0.15, 0.2) is 6.61 Å². The lowest BCUT2D eigenvalue weighted by molar-refractivity contribution is -0.118. The summed E-state index contributed by atoms with van der Waals surface area (Å²) in [5.74, 6) is 0.211. The number of carbonyl (C=O) groups is 1. The summed E-state index contributed by atoms with van der Waals surface area (Å²) in [6.45, 7) is 2.10. The first-order valence-corrected chi connectivity index (χ1v) is 10.6. The normalized spacial score (nSPS) is 13.4. The van der Waals surface area contributed by atoms with E-state index in [9.17, 15) is 13.2 Å². The maximum absolute atomic E-state index is 12.6. The van der Waals surface area contributed by atoms with Gasteiger partial charge in [0.25, 0.3) is 15.9 Å². The van der Waals surface area contributed by atoms with Gasteiger partial charge in [0.1, 0.15) is 5.75 Å². The average Bonchev–Trinajstić information content (AvgIpc) is 2.65. The van der Waals surface area contributed by atoms with Gasteiger partial charge in [-0.2, -0.15) is 0 Å². The predicted octanol–water partition coefficient (Wildman–Crippen LogP) is 3.94. The third kappa shape index (κ3) is 5.01. The summed E-state index contributed by atoms with van der Waals surface area (Å²) < 4.78 is 33.1. The molecule has 0 aromatic heterocycles. The van der Waals surface area contributed by atoms with E-state index in [-0.39, 0.29) is 17.4 Å². The molecule has 7 heteroatoms. The smallest absolute Gasteiger partial charge is 0.262 e. The third-order valence-corrected chi connectivity index (χ3v) is 5.82. The number of unbranched alkanes of at least 4 members (excludes halogenated alkanes) is 3. The molecule has 0 fully saturated rings. The van der Waals surface area contributed by atoms with Gasteiger partial charge >= 0.3 is 0 Å². The second kappa shape index (κ2) is 8.43. The van der Waals surface area contributed by atoms with E-state index in [4.69, 9.17) is 4.74 Å². The fourth-order valence-corrected chi connectivity index (χ4v) is 3.99. The number of carbonyl (C=O) groups excluding carboxylic acids is 1. The number of aryl methyl sites for hydroxylation is 1. The zero-order valence-corrected chi connectivity index (χ0v) is 16.1. The standard InChI is InChI=1S/C20H24N2O4S/c1-2-3-4-5-6-15-7-10-17(11-8-15)27(24,25)22-16-9-12-18-19(13-16)26-14-20(23)21-18/h7-13,22H,2-6,14H2,1H3,(H,21,23). The van der Waals surface area contributed by atoms with E-state index in [0.29, 0.717) is 17.1 Å². The SMILES string of the molecule is CCCCCCc1ccc(S(=O)(=O)Nc2ccc3c(c2)OCC(=O)N3)cc1. The highest BCUT2D eigenvalue weighted by molar-refractivity contribution is 7.92. The van der Waals surface area contributed by atoms with Crippen molar-refractivity contribution in [3.8, 4) is 5.75 Å². The molecule has 1 amide bonds. The van der Waals surface area contributed by atoms with Crippen molar-refractivity contribution < 1.29 is 17.9 Å². The Morgan fingerprint density at radius 1 is 1.07 bits per heavy atom. The molecule has 3 rings (SSSR count). The molecule has 2 aromatic rings. The lowest BCUT2D eigenvalue weighted by Gasteiger charge is -2.19. The van der Waals surface area contributed by atoms with Crippen molar-refractivity contribution in [2.75, 3.05) is 16.6 Å². The largest absolute Gasteiger partial charge is 0.482 e. The molecule has 2 aromatic carbocycles. The Balaban J connectivity index is 1.67. The number of nitrogens with one attached hydrogen (secondary N) is 2. The molecule has 0 atom stereocenters. The van der Waals surface area contributed by atoms with E-state index < -0.39 is 10.0 Å². The van der Waals surface area contributed by atoms with Crippen LogP contribution in [0.1, 0.15) is 38.2 Å². The fourth-order valence-electron chi connectivity index (χ4n) is 2.94. The van der Waals surface area contributed by atoms with Gasteiger partial charge in [-0.15, -0.1) is 0 Å². The molecule has 2 N–H and O–H groups in total. The molecule has 6 nitrogen and oxygen atoms in total. The number of benzene rings is 2. The van der Waals surface area contributed by atoms with Crippen molar-refractivity contribution in [2.45, 2.75) is 43.9 Å². The van der Waals surface area contributed by atoms with Crippen LogP contribution < -0.4 is 14.8 Å². The summed E-state index contributed by atoms with van der Waals surface area (Å²) in [5, 5.41) is 2.67. The molecule has 0 unspecified atom stereocenters. The van der Waals surface area contributed by atoms with Crippen LogP contribution in [0.3, 0.4) is 0 Å². The van der Waals surface area contributed by atoms with E-state index >= 15 is 0 Å². The molecule has 0 bridgehead atoms. The highest BCUT2D eigenvalue weighted by atomic mass is 32.2. The number of anilines is 2. The first-order chi connectivity index (χ1) is 13.0. The first-order valence-electron chi connectivity index (χ1n) is 9.16. The van der Waals surface area contributed by atoms with Crippen LogP contribution in [-0.4, -0.2) is 20.9 Å². The topological polar surface area (TPSA) is 84.5 Å². The molecule has 0 saturated heterocycles. The van der Waals surface area contributed by atoms with Crippen molar-refractivity contribution in [1.82, 2.24) is 0 Å². The van der Waals surface area contributed by atoms with Crippen molar-refractivity contribution in [3.05, 3.63) is 48.0 Å². The van der Waals surface area contributed by atoms with E-state index in [1.54, 1.807) is 30.3 Å². The number of ether oxygens (including phenoxy) is 1. The van der Waals surface area contributed by atoms with Gasteiger partial charge < -0.3 is 10.1 Å². The van der Waals surface area contributed by atoms with Crippen LogP contribution in [0.15, 0.2) is 47.4 Å². The molecule has 0 saturated carbocycles. The number of hydrogen-bond donors (Lipinski definition) is 2. The van der Waals surface area contributed by atoms with Gasteiger partial charge in [0.2, 0.25) is 0 Å². The Hall–Kier alpha value is -2.54. The Labute approximate surface area is 160 Å². The van der Waals surface area contributed by atoms with Gasteiger partial charge in [-0.1, -0.05) is 38.3 Å². The summed E-state index contributed by atoms with van der Waals surface area (Å²) in [6, 6.07) is 11.8. The van der Waals surface area contributed by atoms with Crippen LogP contribution in [0.2, 0.25) is 0 Å². The summed E-state index contributed by atoms with van der Waals surface area (Å²) in [5.41, 5.74) is 2.05. The number of sulfonamides is 1. The second-order valence-corrected chi connectivity index (χ2v) is 8.29. The number of amides is 1. The zero-order chi connectivity index (χ0) is 19.3. The molecule has 144 valence electrons. The first kappa shape index (κ1) is 19.2. The number of hydrogen-bond acceptors (Lipinski definition) is 4. The van der Waals surface area contributed by atoms with E-state index in [1.165, 1.54) is 19.3 Å². The van der Waals surface area contributed by atoms with Crippen LogP contribution in [0.5, 0.6) is 5.75 Å². The van der Waals surface area contributed by atoms with Crippen molar-refractivity contribution in [2.24, 2.45) is 0 Å². The molecular weight excluding hydrogens is 364 g/mol. The van der Waals surface area contributed by atoms with Gasteiger partial charge in [0, 0.05) is 6.07 Å². The molecular formula is C20H24N2O4S. The van der Waals surface area contributed by atoms with E-state index in [1.807, 2.05) is 12.1 Å². The quantitative estimate of drug-likeness (QED) is 0.671. The Morgan fingerprint density at radius 3 is 2.59 bits per heavy atom. The minimum absolute atomic E-state index is 0.0804. The summed E-state index contributed by atoms with van der Waals surface area (Å²) in [6.07, 6.45) is 5.69. The maximum Gasteiger partial charge on any atom is 0.262 e. The Bertz CT molecular complexity index is 908. The number of fused-ring (bicyclic) bond motifs is 1. The fraction of sp³-hybridized carbons (Fsp3) is 0.350. The molecule has 1 aliphatic heterocycles. The number of rotatable bonds is 8. The monoisotopic (exact) mass is 388 g/mol. The van der Waals surface area contributed by atoms with Crippen molar-refractivity contribution in [3.63, 3.8) is 0 Å². The van der Waals surface area contributed by atoms with Crippen molar-refractivity contribution in [1.29, 1.82) is 0 Å². The predicted molar refractivity (Wildman–Crippen MR) is 106 cm³/mol. The zero-order valence-electron chi connectivity index (χ0n) is 15.3. The van der Waals surface area contributed by atoms with Gasteiger partial charge in [0.05, 0.1) is 16.3 Å². The summed E-state index contributed by atoms with van der Waals surface area (Å²) in [4.78, 5) is 11.5. The Kier molecular flexibility index (Phi) is 6.01. The average molecular weight is 388 g/mol. The van der Waals surface area contributed by atoms with E-state index in [0.717, 1.165) is 18.4 Å². The van der Waals surface area contributed by atoms with Crippen LogP contribution >= 0.6 is 0 Å². The highest BCUT2D eigenvalue weighted by Gasteiger charge is 2.19. The minimum atomic E-state index is -3.69. The Morgan fingerprint density at radius 2 is 1.85 bits per heavy atom. The summed E-state index contributed by atoms with van der Waals surface area (Å²) >= 11 is 0. The van der Waals surface area contributed by atoms with Crippen LogP contribution in [0.4, 0.5) is 11.4 Å². The van der Waals surface area contributed by atoms with Gasteiger partial charge in [-0.3, -0.25) is 9.52 Å². The lowest BCUT2D eigenvalue weighted by Crippen LogP contribution is -2.25. The molecule has 0 radical (unpaired) electrons. The van der Waals surface area contributed by atoms with E-state index in [2.05, 4.69) is 17.0 Å². The molecule has 1 aliphatic rings. The third-order valence-electron chi connectivity index (χ3n) is 4.42. The van der Waals surface area contributed by atoms with Crippen LogP contribution in [0, 0.1) is 0 Å². The molecule has 1 heterocycles. The molecule has 27 heavy (non-hydrogen) atoms. The summed E-state index contributed by atoms with van der Waals surface area (Å²) in [7, 11) is -3.69. The van der Waals surface area contributed by atoms with Crippen LogP contribution in [-0.2, 0) is 21.2 Å². The van der Waals surface area contributed by atoms with Gasteiger partial charge in [-0.25, -0.2) is 8.42 Å². The maximum atomic E-state index is 12.6. The lowest BCUT2D eigenvalue weighted by atomic mass is 10.1. The molecule has 0 spiro atoms. The minimum Gasteiger partial charge on any atom is -0.482 e.